The zero-order chi connectivity index (χ0) is 15.4. The Morgan fingerprint density at radius 1 is 1.19 bits per heavy atom. The van der Waals surface area contributed by atoms with Crippen LogP contribution >= 0.6 is 0 Å². The zero-order valence-corrected chi connectivity index (χ0v) is 10.7. The summed E-state index contributed by atoms with van der Waals surface area (Å²) in [6.45, 7) is 0. The molecule has 0 saturated carbocycles. The predicted molar refractivity (Wildman–Crippen MR) is 75.0 cm³/mol. The van der Waals surface area contributed by atoms with Gasteiger partial charge in [0.1, 0.15) is 5.82 Å². The average molecular weight is 287 g/mol. The van der Waals surface area contributed by atoms with Gasteiger partial charge in [0.2, 0.25) is 0 Å². The van der Waals surface area contributed by atoms with E-state index in [-0.39, 0.29) is 16.8 Å². The van der Waals surface area contributed by atoms with Gasteiger partial charge < -0.3 is 5.11 Å². The standard InChI is InChI=1S/C15H10FNO4/c16-14-7-6-12(17(20)21)8-11(14)9-13(15(18)19)10-4-2-1-3-5-10/h1-9H,(H,18,19)/b13-9+. The molecule has 0 aliphatic carbocycles. The van der Waals surface area contributed by atoms with Gasteiger partial charge in [0.25, 0.3) is 5.69 Å². The van der Waals surface area contributed by atoms with E-state index in [1.807, 2.05) is 0 Å². The van der Waals surface area contributed by atoms with Crippen molar-refractivity contribution < 1.29 is 19.2 Å². The van der Waals surface area contributed by atoms with E-state index >= 15 is 0 Å². The lowest BCUT2D eigenvalue weighted by molar-refractivity contribution is -0.384. The average Bonchev–Trinajstić information content (AvgIpc) is 2.46. The zero-order valence-electron chi connectivity index (χ0n) is 10.7. The lowest BCUT2D eigenvalue weighted by Gasteiger charge is -2.04. The Labute approximate surface area is 119 Å². The molecular weight excluding hydrogens is 277 g/mol. The number of carboxylic acids is 1. The van der Waals surface area contributed by atoms with Crippen LogP contribution in [0.2, 0.25) is 0 Å². The summed E-state index contributed by atoms with van der Waals surface area (Å²) in [6, 6.07) is 11.1. The number of aliphatic carboxylic acids is 1. The molecule has 0 saturated heterocycles. The Hall–Kier alpha value is -3.02. The number of halogens is 1. The van der Waals surface area contributed by atoms with Crippen LogP contribution in [0.25, 0.3) is 11.6 Å². The highest BCUT2D eigenvalue weighted by Crippen LogP contribution is 2.23. The largest absolute Gasteiger partial charge is 0.478 e. The number of nitro benzene ring substituents is 1. The summed E-state index contributed by atoms with van der Waals surface area (Å²) in [5.74, 6) is -1.97. The molecule has 0 spiro atoms. The summed E-state index contributed by atoms with van der Waals surface area (Å²) < 4.78 is 13.7. The first kappa shape index (κ1) is 14.4. The normalized spacial score (nSPS) is 11.2. The number of hydrogen-bond donors (Lipinski definition) is 1. The smallest absolute Gasteiger partial charge is 0.336 e. The van der Waals surface area contributed by atoms with Crippen molar-refractivity contribution in [3.8, 4) is 0 Å². The summed E-state index contributed by atoms with van der Waals surface area (Å²) in [6.07, 6.45) is 1.08. The van der Waals surface area contributed by atoms with E-state index in [0.717, 1.165) is 24.3 Å². The summed E-state index contributed by atoms with van der Waals surface area (Å²) in [5, 5.41) is 19.9. The summed E-state index contributed by atoms with van der Waals surface area (Å²) in [5.41, 5.74) is -0.211. The molecule has 0 atom stereocenters. The maximum atomic E-state index is 13.7. The molecular formula is C15H10FNO4. The van der Waals surface area contributed by atoms with E-state index in [4.69, 9.17) is 0 Å². The Kier molecular flexibility index (Phi) is 4.08. The van der Waals surface area contributed by atoms with Crippen LogP contribution in [0.5, 0.6) is 0 Å². The van der Waals surface area contributed by atoms with Crippen LogP contribution in [0.15, 0.2) is 48.5 Å². The Bertz CT molecular complexity index is 726. The number of rotatable bonds is 4. The number of carboxylic acid groups (broad SMARTS) is 1. The molecule has 6 heteroatoms. The van der Waals surface area contributed by atoms with E-state index in [1.165, 1.54) is 0 Å². The molecule has 0 fully saturated rings. The summed E-state index contributed by atoms with van der Waals surface area (Å²) >= 11 is 0. The Morgan fingerprint density at radius 2 is 1.86 bits per heavy atom. The van der Waals surface area contributed by atoms with Crippen molar-refractivity contribution in [3.63, 3.8) is 0 Å². The second-order valence-corrected chi connectivity index (χ2v) is 4.19. The van der Waals surface area contributed by atoms with Crippen molar-refractivity contribution in [3.05, 3.63) is 75.6 Å². The topological polar surface area (TPSA) is 80.4 Å². The fourth-order valence-corrected chi connectivity index (χ4v) is 1.80. The van der Waals surface area contributed by atoms with Gasteiger partial charge in [0.15, 0.2) is 0 Å². The first-order valence-corrected chi connectivity index (χ1v) is 5.93. The molecule has 0 radical (unpaired) electrons. The quantitative estimate of drug-likeness (QED) is 0.404. The monoisotopic (exact) mass is 287 g/mol. The lowest BCUT2D eigenvalue weighted by atomic mass is 10.0. The minimum absolute atomic E-state index is 0.144. The van der Waals surface area contributed by atoms with Crippen molar-refractivity contribution in [2.75, 3.05) is 0 Å². The highest BCUT2D eigenvalue weighted by molar-refractivity contribution is 6.20. The van der Waals surface area contributed by atoms with Gasteiger partial charge >= 0.3 is 5.97 Å². The van der Waals surface area contributed by atoms with Gasteiger partial charge in [-0.25, -0.2) is 9.18 Å². The van der Waals surface area contributed by atoms with Crippen LogP contribution in [-0.2, 0) is 4.79 Å². The first-order chi connectivity index (χ1) is 9.99. The van der Waals surface area contributed by atoms with Crippen LogP contribution in [-0.4, -0.2) is 16.0 Å². The van der Waals surface area contributed by atoms with E-state index in [2.05, 4.69) is 0 Å². The fourth-order valence-electron chi connectivity index (χ4n) is 1.80. The molecule has 5 nitrogen and oxygen atoms in total. The highest BCUT2D eigenvalue weighted by Gasteiger charge is 2.14. The van der Waals surface area contributed by atoms with E-state index in [0.29, 0.717) is 5.56 Å². The number of nitro groups is 1. The van der Waals surface area contributed by atoms with Gasteiger partial charge in [-0.2, -0.15) is 0 Å². The van der Waals surface area contributed by atoms with Crippen molar-refractivity contribution >= 4 is 23.3 Å². The minimum atomic E-state index is -1.24. The Morgan fingerprint density at radius 3 is 2.43 bits per heavy atom. The van der Waals surface area contributed by atoms with Crippen LogP contribution < -0.4 is 0 Å². The highest BCUT2D eigenvalue weighted by atomic mass is 19.1. The third kappa shape index (κ3) is 3.30. The van der Waals surface area contributed by atoms with Gasteiger partial charge in [-0.15, -0.1) is 0 Å². The van der Waals surface area contributed by atoms with Crippen LogP contribution in [0.1, 0.15) is 11.1 Å². The molecule has 1 N–H and O–H groups in total. The second-order valence-electron chi connectivity index (χ2n) is 4.19. The SMILES string of the molecule is O=C(O)/C(=C/c1cc([N+](=O)[O-])ccc1F)c1ccccc1. The van der Waals surface area contributed by atoms with Gasteiger partial charge in [0, 0.05) is 17.7 Å². The predicted octanol–water partition coefficient (Wildman–Crippen LogP) is 3.36. The number of nitrogens with zero attached hydrogens (tertiary/aromatic N) is 1. The van der Waals surface area contributed by atoms with E-state index in [1.54, 1.807) is 30.3 Å². The van der Waals surface area contributed by atoms with E-state index in [9.17, 15) is 24.4 Å². The molecule has 21 heavy (non-hydrogen) atoms. The molecule has 2 rings (SSSR count). The summed E-state index contributed by atoms with van der Waals surface area (Å²) in [7, 11) is 0. The van der Waals surface area contributed by atoms with Gasteiger partial charge in [-0.05, 0) is 17.7 Å². The van der Waals surface area contributed by atoms with Crippen molar-refractivity contribution in [1.29, 1.82) is 0 Å². The molecule has 0 bridgehead atoms. The third-order valence-electron chi connectivity index (χ3n) is 2.81. The number of benzene rings is 2. The lowest BCUT2D eigenvalue weighted by Crippen LogP contribution is -2.00. The third-order valence-corrected chi connectivity index (χ3v) is 2.81. The van der Waals surface area contributed by atoms with Crippen LogP contribution in [0.4, 0.5) is 10.1 Å². The molecule has 0 amide bonds. The maximum absolute atomic E-state index is 13.7. The van der Waals surface area contributed by atoms with Crippen LogP contribution in [0.3, 0.4) is 0 Å². The van der Waals surface area contributed by atoms with E-state index < -0.39 is 16.7 Å². The molecule has 2 aromatic carbocycles. The Balaban J connectivity index is 2.56. The molecule has 0 unspecified atom stereocenters. The summed E-state index contributed by atoms with van der Waals surface area (Å²) in [4.78, 5) is 21.3. The molecule has 0 heterocycles. The van der Waals surface area contributed by atoms with Gasteiger partial charge in [0.05, 0.1) is 10.5 Å². The minimum Gasteiger partial charge on any atom is -0.478 e. The first-order valence-electron chi connectivity index (χ1n) is 5.93. The van der Waals surface area contributed by atoms with Crippen molar-refractivity contribution in [2.24, 2.45) is 0 Å². The number of non-ortho nitro benzene ring substituents is 1. The van der Waals surface area contributed by atoms with Crippen molar-refractivity contribution in [1.82, 2.24) is 0 Å². The van der Waals surface area contributed by atoms with Gasteiger partial charge in [-0.1, -0.05) is 30.3 Å². The number of carbonyl (C=O) groups is 1. The molecule has 0 aliphatic heterocycles. The van der Waals surface area contributed by atoms with Crippen LogP contribution in [0, 0.1) is 15.9 Å². The van der Waals surface area contributed by atoms with Gasteiger partial charge in [-0.3, -0.25) is 10.1 Å². The molecule has 0 aromatic heterocycles. The maximum Gasteiger partial charge on any atom is 0.336 e. The number of hydrogen-bond acceptors (Lipinski definition) is 3. The molecule has 2 aromatic rings. The molecule has 106 valence electrons. The molecule has 0 aliphatic rings. The fraction of sp³-hybridized carbons (Fsp3) is 0. The van der Waals surface area contributed by atoms with Crippen molar-refractivity contribution in [2.45, 2.75) is 0 Å². The second kappa shape index (κ2) is 5.96.